The molecule has 2 rings (SSSR count). The highest BCUT2D eigenvalue weighted by atomic mass is 19.4. The van der Waals surface area contributed by atoms with E-state index in [0.29, 0.717) is 0 Å². The molecule has 0 aliphatic heterocycles. The van der Waals surface area contributed by atoms with Crippen molar-refractivity contribution in [1.29, 1.82) is 0 Å². The lowest BCUT2D eigenvalue weighted by Gasteiger charge is -2.33. The molecule has 10 heteroatoms. The lowest BCUT2D eigenvalue weighted by Crippen LogP contribution is -2.49. The highest BCUT2D eigenvalue weighted by Crippen LogP contribution is 2.32. The van der Waals surface area contributed by atoms with Gasteiger partial charge in [0.25, 0.3) is 0 Å². The summed E-state index contributed by atoms with van der Waals surface area (Å²) in [4.78, 5) is 37.8. The van der Waals surface area contributed by atoms with E-state index < -0.39 is 54.2 Å². The third-order valence-corrected chi connectivity index (χ3v) is 4.38. The number of ether oxygens (including phenoxy) is 3. The van der Waals surface area contributed by atoms with E-state index in [1.807, 2.05) is 6.07 Å². The Balaban J connectivity index is 1.94. The summed E-state index contributed by atoms with van der Waals surface area (Å²) < 4.78 is 53.9. The van der Waals surface area contributed by atoms with Gasteiger partial charge in [-0.05, 0) is 38.5 Å². The van der Waals surface area contributed by atoms with Crippen LogP contribution in [0.25, 0.3) is 0 Å². The number of benzene rings is 2. The smallest absolute Gasteiger partial charge is 0.417 e. The Morgan fingerprint density at radius 1 is 0.848 bits per heavy atom. The van der Waals surface area contributed by atoms with Crippen LogP contribution in [0.1, 0.15) is 42.3 Å². The van der Waals surface area contributed by atoms with Crippen molar-refractivity contribution in [3.05, 3.63) is 71.3 Å². The molecule has 0 aliphatic rings. The van der Waals surface area contributed by atoms with Gasteiger partial charge < -0.3 is 14.2 Å². The monoisotopic (exact) mass is 467 g/mol. The molecule has 0 unspecified atom stereocenters. The standard InChI is InChI=1S/C23H24F3NO6/c1-22(2,3)27(13-19(28)31-14-16-9-5-4-6-10-16)21(30)33-15-32-20(29)17-11-7-8-12-18(17)23(24,25)26/h4-12H,13-15H2,1-3H3. The minimum atomic E-state index is -4.75. The second-order valence-electron chi connectivity index (χ2n) is 7.91. The molecule has 0 N–H and O–H groups in total. The number of halogens is 3. The first-order valence-electron chi connectivity index (χ1n) is 9.87. The summed E-state index contributed by atoms with van der Waals surface area (Å²) in [6.45, 7) is 3.57. The molecule has 0 radical (unpaired) electrons. The van der Waals surface area contributed by atoms with E-state index in [1.54, 1.807) is 45.0 Å². The third-order valence-electron chi connectivity index (χ3n) is 4.38. The van der Waals surface area contributed by atoms with Crippen molar-refractivity contribution in [2.45, 2.75) is 39.1 Å². The van der Waals surface area contributed by atoms with Gasteiger partial charge in [0.05, 0.1) is 11.1 Å². The molecule has 0 heterocycles. The molecule has 0 atom stereocenters. The Kier molecular flexibility index (Phi) is 8.44. The summed E-state index contributed by atoms with van der Waals surface area (Å²) in [5.41, 5.74) is -1.98. The van der Waals surface area contributed by atoms with E-state index in [2.05, 4.69) is 4.74 Å². The fourth-order valence-electron chi connectivity index (χ4n) is 2.69. The predicted octanol–water partition coefficient (Wildman–Crippen LogP) is 4.80. The minimum absolute atomic E-state index is 0.0168. The molecule has 33 heavy (non-hydrogen) atoms. The van der Waals surface area contributed by atoms with Gasteiger partial charge in [-0.25, -0.2) is 9.59 Å². The number of alkyl halides is 3. The molecule has 0 saturated heterocycles. The van der Waals surface area contributed by atoms with Gasteiger partial charge in [-0.3, -0.25) is 9.69 Å². The van der Waals surface area contributed by atoms with E-state index >= 15 is 0 Å². The van der Waals surface area contributed by atoms with Crippen molar-refractivity contribution < 1.29 is 41.8 Å². The highest BCUT2D eigenvalue weighted by molar-refractivity contribution is 5.91. The molecule has 0 saturated carbocycles. The number of rotatable bonds is 7. The van der Waals surface area contributed by atoms with Gasteiger partial charge in [-0.15, -0.1) is 0 Å². The van der Waals surface area contributed by atoms with Crippen LogP contribution in [0.5, 0.6) is 0 Å². The van der Waals surface area contributed by atoms with Gasteiger partial charge in [0, 0.05) is 5.54 Å². The van der Waals surface area contributed by atoms with Crippen molar-refractivity contribution >= 4 is 18.0 Å². The van der Waals surface area contributed by atoms with Gasteiger partial charge in [-0.2, -0.15) is 13.2 Å². The van der Waals surface area contributed by atoms with Crippen LogP contribution in [0.3, 0.4) is 0 Å². The molecule has 0 fully saturated rings. The fraction of sp³-hybridized carbons (Fsp3) is 0.348. The summed E-state index contributed by atoms with van der Waals surface area (Å²) in [6, 6.07) is 13.0. The Morgan fingerprint density at radius 3 is 2.06 bits per heavy atom. The number of nitrogens with zero attached hydrogens (tertiary/aromatic N) is 1. The van der Waals surface area contributed by atoms with Crippen molar-refractivity contribution in [3.63, 3.8) is 0 Å². The van der Waals surface area contributed by atoms with Crippen LogP contribution < -0.4 is 0 Å². The van der Waals surface area contributed by atoms with E-state index in [0.717, 1.165) is 28.7 Å². The van der Waals surface area contributed by atoms with Gasteiger partial charge in [0.2, 0.25) is 6.79 Å². The van der Waals surface area contributed by atoms with Gasteiger partial charge >= 0.3 is 24.2 Å². The first-order valence-corrected chi connectivity index (χ1v) is 9.87. The van der Waals surface area contributed by atoms with E-state index in [1.165, 1.54) is 6.07 Å². The number of hydrogen-bond acceptors (Lipinski definition) is 6. The number of carbonyl (C=O) groups excluding carboxylic acids is 3. The van der Waals surface area contributed by atoms with Crippen LogP contribution in [0.2, 0.25) is 0 Å². The van der Waals surface area contributed by atoms with Crippen LogP contribution in [0.15, 0.2) is 54.6 Å². The molecular formula is C23H24F3NO6. The largest absolute Gasteiger partial charge is 0.459 e. The second-order valence-corrected chi connectivity index (χ2v) is 7.91. The van der Waals surface area contributed by atoms with E-state index in [4.69, 9.17) is 9.47 Å². The molecular weight excluding hydrogens is 443 g/mol. The average Bonchev–Trinajstić information content (AvgIpc) is 2.75. The first-order chi connectivity index (χ1) is 15.4. The molecule has 0 spiro atoms. The van der Waals surface area contributed by atoms with Crippen LogP contribution in [0.4, 0.5) is 18.0 Å². The molecule has 0 aliphatic carbocycles. The Morgan fingerprint density at radius 2 is 1.45 bits per heavy atom. The van der Waals surface area contributed by atoms with Crippen LogP contribution in [-0.2, 0) is 31.8 Å². The fourth-order valence-corrected chi connectivity index (χ4v) is 2.69. The Hall–Kier alpha value is -3.56. The van der Waals surface area contributed by atoms with Crippen LogP contribution in [-0.4, -0.2) is 41.8 Å². The number of amides is 1. The van der Waals surface area contributed by atoms with Gasteiger partial charge in [0.15, 0.2) is 0 Å². The minimum Gasteiger partial charge on any atom is -0.459 e. The summed E-state index contributed by atoms with van der Waals surface area (Å²) in [6.07, 6.45) is -5.76. The second kappa shape index (κ2) is 10.8. The van der Waals surface area contributed by atoms with Gasteiger partial charge in [0.1, 0.15) is 13.2 Å². The van der Waals surface area contributed by atoms with Crippen molar-refractivity contribution in [1.82, 2.24) is 4.90 Å². The maximum Gasteiger partial charge on any atom is 0.417 e. The molecule has 178 valence electrons. The summed E-state index contributed by atoms with van der Waals surface area (Å²) in [5, 5.41) is 0. The molecule has 0 aromatic heterocycles. The zero-order chi connectivity index (χ0) is 24.6. The van der Waals surface area contributed by atoms with E-state index in [9.17, 15) is 27.6 Å². The van der Waals surface area contributed by atoms with E-state index in [-0.39, 0.29) is 6.61 Å². The van der Waals surface area contributed by atoms with Crippen molar-refractivity contribution in [2.75, 3.05) is 13.3 Å². The van der Waals surface area contributed by atoms with Crippen molar-refractivity contribution in [2.24, 2.45) is 0 Å². The summed E-state index contributed by atoms with van der Waals surface area (Å²) in [5.74, 6) is -2.00. The zero-order valence-electron chi connectivity index (χ0n) is 18.3. The molecule has 1 amide bonds. The maximum atomic E-state index is 13.0. The quantitative estimate of drug-likeness (QED) is 0.430. The maximum absolute atomic E-state index is 13.0. The molecule has 2 aromatic carbocycles. The number of carbonyl (C=O) groups is 3. The molecule has 0 bridgehead atoms. The Labute approximate surface area is 189 Å². The van der Waals surface area contributed by atoms with Crippen molar-refractivity contribution in [3.8, 4) is 0 Å². The predicted molar refractivity (Wildman–Crippen MR) is 111 cm³/mol. The topological polar surface area (TPSA) is 82.1 Å². The Bertz CT molecular complexity index is 970. The van der Waals surface area contributed by atoms with Crippen LogP contribution in [0, 0.1) is 0 Å². The summed E-state index contributed by atoms with van der Waals surface area (Å²) in [7, 11) is 0. The normalized spacial score (nSPS) is 11.5. The third kappa shape index (κ3) is 7.81. The van der Waals surface area contributed by atoms with Crippen LogP contribution >= 0.6 is 0 Å². The lowest BCUT2D eigenvalue weighted by atomic mass is 10.1. The molecule has 7 nitrogen and oxygen atoms in total. The first kappa shape index (κ1) is 25.7. The molecule has 2 aromatic rings. The van der Waals surface area contributed by atoms with Gasteiger partial charge in [-0.1, -0.05) is 42.5 Å². The number of esters is 2. The zero-order valence-corrected chi connectivity index (χ0v) is 18.3. The highest BCUT2D eigenvalue weighted by Gasteiger charge is 2.35. The lowest BCUT2D eigenvalue weighted by molar-refractivity contribution is -0.147. The SMILES string of the molecule is CC(C)(C)N(CC(=O)OCc1ccccc1)C(=O)OCOC(=O)c1ccccc1C(F)(F)F. The summed E-state index contributed by atoms with van der Waals surface area (Å²) >= 11 is 0. The number of hydrogen-bond donors (Lipinski definition) is 0. The average molecular weight is 467 g/mol.